The van der Waals surface area contributed by atoms with Crippen molar-refractivity contribution >= 4 is 40.8 Å². The van der Waals surface area contributed by atoms with Crippen LogP contribution in [0.25, 0.3) is 11.7 Å². The first-order chi connectivity index (χ1) is 18.6. The van der Waals surface area contributed by atoms with E-state index < -0.39 is 36.1 Å². The summed E-state index contributed by atoms with van der Waals surface area (Å²) in [5.41, 5.74) is 6.09. The van der Waals surface area contributed by atoms with Crippen molar-refractivity contribution in [3.8, 4) is 5.88 Å². The number of rotatable bonds is 8. The third-order valence-electron chi connectivity index (χ3n) is 6.14. The van der Waals surface area contributed by atoms with E-state index in [1.807, 2.05) is 0 Å². The average molecular weight is 557 g/mol. The predicted octanol–water partition coefficient (Wildman–Crippen LogP) is 1.56. The fourth-order valence-electron chi connectivity index (χ4n) is 3.70. The van der Waals surface area contributed by atoms with E-state index in [9.17, 15) is 19.1 Å². The number of esters is 1. The Labute approximate surface area is 225 Å². The van der Waals surface area contributed by atoms with Crippen molar-refractivity contribution in [2.24, 2.45) is 16.6 Å². The molecule has 1 aliphatic carbocycles. The molecular weight excluding hydrogens is 531 g/mol. The Bertz CT molecular complexity index is 1740. The summed E-state index contributed by atoms with van der Waals surface area (Å²) in [7, 11) is 0. The molecule has 3 aromatic heterocycles. The van der Waals surface area contributed by atoms with Crippen LogP contribution >= 0.6 is 11.6 Å². The number of ether oxygens (including phenoxy) is 1. The molecule has 204 valence electrons. The fourth-order valence-corrected chi connectivity index (χ4v) is 3.87. The van der Waals surface area contributed by atoms with Gasteiger partial charge in [-0.1, -0.05) is 25.4 Å². The number of H-pyrrole nitrogens is 1. The molecule has 4 aromatic rings. The third-order valence-corrected chi connectivity index (χ3v) is 6.38. The summed E-state index contributed by atoms with van der Waals surface area (Å²) < 4.78 is 21.9. The summed E-state index contributed by atoms with van der Waals surface area (Å²) in [6, 6.07) is 5.06. The number of benzene rings is 1. The molecule has 39 heavy (non-hydrogen) atoms. The average Bonchev–Trinajstić information content (AvgIpc) is 3.56. The highest BCUT2D eigenvalue weighted by atomic mass is 35.5. The summed E-state index contributed by atoms with van der Waals surface area (Å²) in [5, 5.41) is 18.8. The Balaban J connectivity index is 1.53. The van der Waals surface area contributed by atoms with Gasteiger partial charge in [-0.05, 0) is 43.0 Å². The summed E-state index contributed by atoms with van der Waals surface area (Å²) in [4.78, 5) is 36.3. The van der Waals surface area contributed by atoms with E-state index >= 15 is 0 Å². The minimum absolute atomic E-state index is 0.0424. The number of halogens is 2. The highest BCUT2D eigenvalue weighted by molar-refractivity contribution is 6.30. The Morgan fingerprint density at radius 1 is 1.41 bits per heavy atom. The first-order valence-corrected chi connectivity index (χ1v) is 12.6. The number of carbonyl (C=O) groups excluding carboxylic acids is 1. The molecule has 0 aliphatic heterocycles. The highest BCUT2D eigenvalue weighted by Crippen LogP contribution is 2.24. The molecule has 5 N–H and O–H groups in total. The number of aromatic amines is 1. The molecule has 12 nitrogen and oxygen atoms in total. The first kappa shape index (κ1) is 26.4. The Morgan fingerprint density at radius 3 is 2.90 bits per heavy atom. The molecule has 0 saturated heterocycles. The van der Waals surface area contributed by atoms with Gasteiger partial charge in [0.25, 0.3) is 0 Å². The number of hydrogen-bond acceptors (Lipinski definition) is 9. The maximum absolute atomic E-state index is 14.4. The van der Waals surface area contributed by atoms with Crippen LogP contribution in [0.15, 0.2) is 40.2 Å². The number of hydrogen-bond donors (Lipinski definition) is 4. The van der Waals surface area contributed by atoms with Gasteiger partial charge >= 0.3 is 11.7 Å². The zero-order chi connectivity index (χ0) is 27.8. The molecule has 1 aromatic carbocycles. The van der Waals surface area contributed by atoms with Crippen molar-refractivity contribution < 1.29 is 19.0 Å². The number of anilines is 2. The number of aromatic hydroxyl groups is 1. The monoisotopic (exact) mass is 556 g/mol. The summed E-state index contributed by atoms with van der Waals surface area (Å²) in [5.74, 6) is -1.53. The summed E-state index contributed by atoms with van der Waals surface area (Å²) in [6.45, 7) is 3.00. The Kier molecular flexibility index (Phi) is 7.10. The molecule has 0 amide bonds. The van der Waals surface area contributed by atoms with Crippen molar-refractivity contribution in [3.63, 3.8) is 0 Å². The lowest BCUT2D eigenvalue weighted by molar-refractivity contribution is -0.150. The molecule has 0 radical (unpaired) electrons. The molecule has 1 unspecified atom stereocenters. The minimum Gasteiger partial charge on any atom is -0.493 e. The summed E-state index contributed by atoms with van der Waals surface area (Å²) >= 11 is 6.03. The number of imidazole rings is 1. The van der Waals surface area contributed by atoms with Crippen LogP contribution in [0.4, 0.5) is 15.9 Å². The van der Waals surface area contributed by atoms with Crippen molar-refractivity contribution in [1.82, 2.24) is 24.1 Å². The second-order valence-corrected chi connectivity index (χ2v) is 9.98. The Hall–Kier alpha value is -4.23. The van der Waals surface area contributed by atoms with Gasteiger partial charge in [-0.3, -0.25) is 9.79 Å². The lowest BCUT2D eigenvalue weighted by Gasteiger charge is -2.14. The van der Waals surface area contributed by atoms with Crippen LogP contribution in [0.1, 0.15) is 32.4 Å². The maximum atomic E-state index is 14.4. The molecule has 3 heterocycles. The molecule has 1 aliphatic rings. The number of aromatic nitrogens is 5. The van der Waals surface area contributed by atoms with E-state index in [1.165, 1.54) is 35.0 Å². The van der Waals surface area contributed by atoms with Gasteiger partial charge in [-0.2, -0.15) is 9.61 Å². The van der Waals surface area contributed by atoms with Crippen LogP contribution in [0.3, 0.4) is 0 Å². The number of nitrogens with zero attached hydrogens (tertiary/aromatic N) is 5. The van der Waals surface area contributed by atoms with Crippen LogP contribution in [0.5, 0.6) is 5.88 Å². The topological polar surface area (TPSA) is 165 Å². The van der Waals surface area contributed by atoms with E-state index in [0.717, 1.165) is 17.4 Å². The molecule has 5 rings (SSSR count). The zero-order valence-electron chi connectivity index (χ0n) is 21.1. The lowest BCUT2D eigenvalue weighted by atomic mass is 10.1. The largest absolute Gasteiger partial charge is 0.493 e. The molecule has 14 heteroatoms. The smallest absolute Gasteiger partial charge is 0.331 e. The Morgan fingerprint density at radius 2 is 2.18 bits per heavy atom. The number of nitrogens with one attached hydrogen (secondary N) is 2. The molecule has 1 atom stereocenters. The fraction of sp³-hybridized carbons (Fsp3) is 0.320. The number of nitrogens with two attached hydrogens (primary N) is 1. The lowest BCUT2D eigenvalue weighted by Crippen LogP contribution is -2.37. The highest BCUT2D eigenvalue weighted by Gasteiger charge is 2.22. The van der Waals surface area contributed by atoms with Crippen LogP contribution < -0.4 is 27.4 Å². The zero-order valence-corrected chi connectivity index (χ0v) is 21.8. The van der Waals surface area contributed by atoms with Crippen molar-refractivity contribution in [3.05, 3.63) is 68.2 Å². The van der Waals surface area contributed by atoms with Crippen molar-refractivity contribution in [1.29, 1.82) is 0 Å². The van der Waals surface area contributed by atoms with Gasteiger partial charge in [0.05, 0.1) is 17.9 Å². The quantitative estimate of drug-likeness (QED) is 0.237. The standard InChI is InChI=1S/C25H26ClFN8O4/c1-12(2)21(28)24(37)39-11-34-23(36)18(32-25(34)38)7-13-10-29-35-20(30-15-4-5-15)9-19(33-22(13)35)31-17-8-14(26)3-6-16(17)27/h3,6-10,12,15,21,31,36H,4-5,11,28H2,1-2H3,(H,32,38). The van der Waals surface area contributed by atoms with Crippen LogP contribution in [0, 0.1) is 11.7 Å². The predicted molar refractivity (Wildman–Crippen MR) is 141 cm³/mol. The van der Waals surface area contributed by atoms with Crippen LogP contribution in [-0.2, 0) is 16.3 Å². The van der Waals surface area contributed by atoms with Gasteiger partial charge in [-0.15, -0.1) is 0 Å². The van der Waals surface area contributed by atoms with E-state index in [4.69, 9.17) is 22.1 Å². The van der Waals surface area contributed by atoms with Crippen LogP contribution in [-0.4, -0.2) is 47.3 Å². The van der Waals surface area contributed by atoms with Gasteiger partial charge in [0, 0.05) is 16.3 Å². The van der Waals surface area contributed by atoms with Gasteiger partial charge < -0.3 is 25.9 Å². The molecule has 0 spiro atoms. The van der Waals surface area contributed by atoms with E-state index in [-0.39, 0.29) is 23.3 Å². The number of carbonyl (C=O) groups is 1. The second-order valence-electron chi connectivity index (χ2n) is 9.55. The van der Waals surface area contributed by atoms with Gasteiger partial charge in [0.1, 0.15) is 23.4 Å². The molecule has 1 saturated carbocycles. The SMILES string of the molecule is CC(C)C(N)C(=O)OCn1c(O)c(C=c2cnn3c(=NC4CC4)cc(Nc4cc(Cl)ccc4F)nc23)[nH]c1=O. The third kappa shape index (κ3) is 5.64. The maximum Gasteiger partial charge on any atom is 0.331 e. The van der Waals surface area contributed by atoms with E-state index in [0.29, 0.717) is 27.2 Å². The molecule has 0 bridgehead atoms. The van der Waals surface area contributed by atoms with Gasteiger partial charge in [0.15, 0.2) is 17.9 Å². The van der Waals surface area contributed by atoms with Crippen LogP contribution in [0.2, 0.25) is 5.02 Å². The second kappa shape index (κ2) is 10.5. The van der Waals surface area contributed by atoms with Crippen molar-refractivity contribution in [2.75, 3.05) is 5.32 Å². The van der Waals surface area contributed by atoms with Gasteiger partial charge in [0.2, 0.25) is 5.88 Å². The molecular formula is C25H26ClFN8O4. The van der Waals surface area contributed by atoms with E-state index in [2.05, 4.69) is 25.4 Å². The number of fused-ring (bicyclic) bond motifs is 1. The van der Waals surface area contributed by atoms with Gasteiger partial charge in [-0.25, -0.2) is 18.7 Å². The molecule has 1 fully saturated rings. The van der Waals surface area contributed by atoms with Crippen molar-refractivity contribution in [2.45, 2.75) is 45.5 Å². The summed E-state index contributed by atoms with van der Waals surface area (Å²) in [6.07, 6.45) is 4.86. The normalized spacial score (nSPS) is 15.3. The van der Waals surface area contributed by atoms with E-state index in [1.54, 1.807) is 19.9 Å². The first-order valence-electron chi connectivity index (χ1n) is 12.2. The minimum atomic E-state index is -0.865.